The fraction of sp³-hybridized carbons (Fsp3) is 0.400. The lowest BCUT2D eigenvalue weighted by Crippen LogP contribution is -2.06. The molecule has 0 heterocycles. The summed E-state index contributed by atoms with van der Waals surface area (Å²) in [5, 5.41) is 19.1. The highest BCUT2D eigenvalue weighted by Crippen LogP contribution is 2.39. The first kappa shape index (κ1) is 19.9. The molecule has 142 valence electrons. The third-order valence-electron chi connectivity index (χ3n) is 3.72. The van der Waals surface area contributed by atoms with Crippen LogP contribution in [0.3, 0.4) is 0 Å². The molecule has 0 radical (unpaired) electrons. The molecule has 0 spiro atoms. The van der Waals surface area contributed by atoms with Gasteiger partial charge in [0.1, 0.15) is 5.75 Å². The Hall–Kier alpha value is -2.44. The van der Waals surface area contributed by atoms with Gasteiger partial charge in [-0.2, -0.15) is 0 Å². The zero-order valence-corrected chi connectivity index (χ0v) is 15.6. The molecule has 26 heavy (non-hydrogen) atoms. The number of hydrogen-bond acceptors (Lipinski definition) is 6. The largest absolute Gasteiger partial charge is 0.493 e. The molecule has 2 N–H and O–H groups in total. The minimum absolute atomic E-state index is 0.111. The molecule has 0 aliphatic heterocycles. The van der Waals surface area contributed by atoms with Crippen LogP contribution >= 0.6 is 0 Å². The van der Waals surface area contributed by atoms with Crippen molar-refractivity contribution in [2.45, 2.75) is 27.1 Å². The average Bonchev–Trinajstić information content (AvgIpc) is 2.66. The molecule has 0 aliphatic carbocycles. The Labute approximate surface area is 153 Å². The van der Waals surface area contributed by atoms with Gasteiger partial charge in [-0.1, -0.05) is 19.9 Å². The first-order valence-electron chi connectivity index (χ1n) is 8.42. The molecule has 2 rings (SSSR count). The molecule has 0 atom stereocenters. The van der Waals surface area contributed by atoms with Gasteiger partial charge in [-0.3, -0.25) is 0 Å². The van der Waals surface area contributed by atoms with Gasteiger partial charge in [-0.15, -0.1) is 0 Å². The van der Waals surface area contributed by atoms with Gasteiger partial charge in [0, 0.05) is 11.6 Å². The van der Waals surface area contributed by atoms with Gasteiger partial charge < -0.3 is 29.2 Å². The highest BCUT2D eigenvalue weighted by Gasteiger charge is 2.15. The van der Waals surface area contributed by atoms with E-state index in [1.807, 2.05) is 0 Å². The Morgan fingerprint density at radius 3 is 2.08 bits per heavy atom. The maximum Gasteiger partial charge on any atom is 0.169 e. The molecule has 2 aromatic carbocycles. The van der Waals surface area contributed by atoms with Crippen LogP contribution in [0, 0.1) is 5.92 Å². The summed E-state index contributed by atoms with van der Waals surface area (Å²) in [5.41, 5.74) is 1.25. The van der Waals surface area contributed by atoms with E-state index in [-0.39, 0.29) is 13.2 Å². The highest BCUT2D eigenvalue weighted by molar-refractivity contribution is 5.53. The molecule has 2 aromatic rings. The van der Waals surface area contributed by atoms with Crippen LogP contribution in [0.1, 0.15) is 25.0 Å². The quantitative estimate of drug-likeness (QED) is 0.711. The van der Waals surface area contributed by atoms with Crippen LogP contribution in [0.4, 0.5) is 0 Å². The first-order chi connectivity index (χ1) is 12.5. The van der Waals surface area contributed by atoms with Crippen molar-refractivity contribution in [2.75, 3.05) is 20.8 Å². The molecule has 0 saturated heterocycles. The second-order valence-electron chi connectivity index (χ2n) is 6.22. The predicted octanol–water partition coefficient (Wildman–Crippen LogP) is 3.52. The molecule has 6 nitrogen and oxygen atoms in total. The smallest absolute Gasteiger partial charge is 0.169 e. The minimum Gasteiger partial charge on any atom is -0.493 e. The molecule has 6 heteroatoms. The van der Waals surface area contributed by atoms with E-state index in [4.69, 9.17) is 18.9 Å². The lowest BCUT2D eigenvalue weighted by Gasteiger charge is -2.18. The van der Waals surface area contributed by atoms with Crippen molar-refractivity contribution in [2.24, 2.45) is 5.92 Å². The Kier molecular flexibility index (Phi) is 7.12. The van der Waals surface area contributed by atoms with Gasteiger partial charge in [-0.25, -0.2) is 0 Å². The summed E-state index contributed by atoms with van der Waals surface area (Å²) in [7, 11) is 3.06. The normalized spacial score (nSPS) is 10.7. The molecular formula is C20H26O6. The van der Waals surface area contributed by atoms with Crippen molar-refractivity contribution >= 4 is 0 Å². The third-order valence-corrected chi connectivity index (χ3v) is 3.72. The molecule has 0 unspecified atom stereocenters. The summed E-state index contributed by atoms with van der Waals surface area (Å²) >= 11 is 0. The van der Waals surface area contributed by atoms with Crippen LogP contribution in [-0.2, 0) is 13.2 Å². The summed E-state index contributed by atoms with van der Waals surface area (Å²) in [6.45, 7) is 4.31. The first-order valence-corrected chi connectivity index (χ1v) is 8.42. The number of benzene rings is 2. The fourth-order valence-corrected chi connectivity index (χ4v) is 2.35. The van der Waals surface area contributed by atoms with Gasteiger partial charge in [-0.05, 0) is 29.7 Å². The summed E-state index contributed by atoms with van der Waals surface area (Å²) in [5.74, 6) is 2.80. The van der Waals surface area contributed by atoms with E-state index in [1.165, 1.54) is 14.2 Å². The molecule has 0 aliphatic rings. The van der Waals surface area contributed by atoms with Gasteiger partial charge in [0.15, 0.2) is 23.0 Å². The van der Waals surface area contributed by atoms with Crippen LogP contribution in [0.25, 0.3) is 0 Å². The van der Waals surface area contributed by atoms with Gasteiger partial charge in [0.25, 0.3) is 0 Å². The summed E-state index contributed by atoms with van der Waals surface area (Å²) in [6.07, 6.45) is 0. The van der Waals surface area contributed by atoms with Crippen LogP contribution in [0.15, 0.2) is 30.3 Å². The predicted molar refractivity (Wildman–Crippen MR) is 98.2 cm³/mol. The monoisotopic (exact) mass is 362 g/mol. The van der Waals surface area contributed by atoms with E-state index in [1.54, 1.807) is 30.3 Å². The van der Waals surface area contributed by atoms with Crippen LogP contribution in [0.2, 0.25) is 0 Å². The molecule has 0 aromatic heterocycles. The molecular weight excluding hydrogens is 336 g/mol. The zero-order chi connectivity index (χ0) is 19.1. The van der Waals surface area contributed by atoms with Crippen LogP contribution in [0.5, 0.6) is 28.7 Å². The minimum atomic E-state index is -0.225. The van der Waals surface area contributed by atoms with E-state index in [0.717, 1.165) is 0 Å². The van der Waals surface area contributed by atoms with Crippen molar-refractivity contribution < 1.29 is 29.2 Å². The lowest BCUT2D eigenvalue weighted by atomic mass is 10.1. The number of rotatable bonds is 9. The van der Waals surface area contributed by atoms with E-state index in [2.05, 4.69) is 13.8 Å². The Bertz CT molecular complexity index is 726. The van der Waals surface area contributed by atoms with Crippen molar-refractivity contribution in [3.8, 4) is 28.7 Å². The van der Waals surface area contributed by atoms with Gasteiger partial charge in [0.2, 0.25) is 0 Å². The number of hydrogen-bond donors (Lipinski definition) is 2. The van der Waals surface area contributed by atoms with Crippen molar-refractivity contribution in [1.29, 1.82) is 0 Å². The topological polar surface area (TPSA) is 77.4 Å². The summed E-state index contributed by atoms with van der Waals surface area (Å²) in [6, 6.07) is 8.58. The van der Waals surface area contributed by atoms with Crippen LogP contribution < -0.4 is 18.9 Å². The number of ether oxygens (including phenoxy) is 4. The fourth-order valence-electron chi connectivity index (χ4n) is 2.35. The van der Waals surface area contributed by atoms with E-state index < -0.39 is 0 Å². The number of methoxy groups -OCH3 is 2. The molecule has 0 fully saturated rings. The van der Waals surface area contributed by atoms with Gasteiger partial charge >= 0.3 is 0 Å². The summed E-state index contributed by atoms with van der Waals surface area (Å²) in [4.78, 5) is 0. The summed E-state index contributed by atoms with van der Waals surface area (Å²) < 4.78 is 22.4. The zero-order valence-electron chi connectivity index (χ0n) is 15.6. The van der Waals surface area contributed by atoms with E-state index >= 15 is 0 Å². The third kappa shape index (κ3) is 4.80. The number of aliphatic hydroxyl groups is 2. The second-order valence-corrected chi connectivity index (χ2v) is 6.22. The maximum atomic E-state index is 9.68. The van der Waals surface area contributed by atoms with Gasteiger partial charge in [0.05, 0.1) is 34.0 Å². The molecule has 0 amide bonds. The molecule has 0 saturated carbocycles. The second kappa shape index (κ2) is 9.31. The Morgan fingerprint density at radius 1 is 0.808 bits per heavy atom. The van der Waals surface area contributed by atoms with E-state index in [9.17, 15) is 10.2 Å². The number of aliphatic hydroxyl groups excluding tert-OH is 2. The molecule has 0 bridgehead atoms. The van der Waals surface area contributed by atoms with Crippen molar-refractivity contribution in [1.82, 2.24) is 0 Å². The Morgan fingerprint density at radius 2 is 1.50 bits per heavy atom. The van der Waals surface area contributed by atoms with E-state index in [0.29, 0.717) is 52.4 Å². The Balaban J connectivity index is 2.42. The van der Waals surface area contributed by atoms with Crippen molar-refractivity contribution in [3.63, 3.8) is 0 Å². The van der Waals surface area contributed by atoms with Crippen molar-refractivity contribution in [3.05, 3.63) is 41.5 Å². The lowest BCUT2D eigenvalue weighted by molar-refractivity contribution is 0.255. The standard InChI is InChI=1S/C20H26O6/c1-13(2)12-25-16-6-5-14(10-21)7-20(16)26-17-9-19(24-4)18(23-3)8-15(17)11-22/h5-9,13,21-22H,10-12H2,1-4H3. The van der Waals surface area contributed by atoms with Crippen LogP contribution in [-0.4, -0.2) is 31.0 Å². The maximum absolute atomic E-state index is 9.68. The highest BCUT2D eigenvalue weighted by atomic mass is 16.5. The SMILES string of the molecule is COc1cc(CO)c(Oc2cc(CO)ccc2OCC(C)C)cc1OC. The average molecular weight is 362 g/mol.